The van der Waals surface area contributed by atoms with Crippen molar-refractivity contribution in [1.82, 2.24) is 9.61 Å². The van der Waals surface area contributed by atoms with Crippen molar-refractivity contribution >= 4 is 11.2 Å². The highest BCUT2D eigenvalue weighted by Gasteiger charge is 2.04. The number of hydrogen-bond acceptors (Lipinski definition) is 3. The third-order valence-corrected chi connectivity index (χ3v) is 3.02. The molecule has 2 heterocycles. The van der Waals surface area contributed by atoms with Crippen LogP contribution in [0.1, 0.15) is 11.1 Å². The summed E-state index contributed by atoms with van der Waals surface area (Å²) in [4.78, 5) is 0. The number of rotatable bonds is 3. The number of nitrogens with zero attached hydrogens (tertiary/aromatic N) is 3. The second kappa shape index (κ2) is 4.83. The standard InChI is InChI=1S/C15H12N4/c16-9-12-5-1-2-6-14(12)17-10-13-11-18-19-8-4-3-7-15(13)19/h1-8,11,17H,10H2. The Balaban J connectivity index is 1.85. The van der Waals surface area contributed by atoms with Crippen LogP contribution in [0.3, 0.4) is 0 Å². The number of fused-ring (bicyclic) bond motifs is 1. The van der Waals surface area contributed by atoms with Crippen molar-refractivity contribution in [3.05, 3.63) is 66.0 Å². The molecule has 2 aromatic heterocycles. The van der Waals surface area contributed by atoms with E-state index in [2.05, 4.69) is 16.5 Å². The van der Waals surface area contributed by atoms with Gasteiger partial charge in [0.1, 0.15) is 6.07 Å². The second-order valence-corrected chi connectivity index (χ2v) is 4.21. The summed E-state index contributed by atoms with van der Waals surface area (Å²) in [5.41, 5.74) is 3.68. The van der Waals surface area contributed by atoms with Crippen molar-refractivity contribution in [2.24, 2.45) is 0 Å². The summed E-state index contributed by atoms with van der Waals surface area (Å²) in [6.45, 7) is 0.645. The molecule has 3 aromatic rings. The fourth-order valence-electron chi connectivity index (χ4n) is 2.05. The smallest absolute Gasteiger partial charge is 0.101 e. The van der Waals surface area contributed by atoms with E-state index in [1.807, 2.05) is 53.3 Å². The van der Waals surface area contributed by atoms with Crippen LogP contribution in [0, 0.1) is 11.3 Å². The number of benzene rings is 1. The van der Waals surface area contributed by atoms with Gasteiger partial charge in [-0.15, -0.1) is 0 Å². The number of hydrogen-bond donors (Lipinski definition) is 1. The summed E-state index contributed by atoms with van der Waals surface area (Å²) < 4.78 is 1.84. The van der Waals surface area contributed by atoms with Gasteiger partial charge in [0.05, 0.1) is 23.0 Å². The third-order valence-electron chi connectivity index (χ3n) is 3.02. The van der Waals surface area contributed by atoms with E-state index in [0.717, 1.165) is 16.8 Å². The van der Waals surface area contributed by atoms with E-state index in [-0.39, 0.29) is 0 Å². The Morgan fingerprint density at radius 1 is 1.16 bits per heavy atom. The van der Waals surface area contributed by atoms with Crippen molar-refractivity contribution in [1.29, 1.82) is 5.26 Å². The first-order valence-corrected chi connectivity index (χ1v) is 6.03. The maximum Gasteiger partial charge on any atom is 0.101 e. The minimum Gasteiger partial charge on any atom is -0.380 e. The van der Waals surface area contributed by atoms with Crippen LogP contribution < -0.4 is 5.32 Å². The lowest BCUT2D eigenvalue weighted by Crippen LogP contribution is -2.00. The number of nitriles is 1. The highest BCUT2D eigenvalue weighted by atomic mass is 15.2. The molecular weight excluding hydrogens is 236 g/mol. The molecule has 0 saturated heterocycles. The van der Waals surface area contributed by atoms with E-state index in [1.54, 1.807) is 6.07 Å². The Morgan fingerprint density at radius 2 is 2.00 bits per heavy atom. The lowest BCUT2D eigenvalue weighted by atomic mass is 10.2. The van der Waals surface area contributed by atoms with Gasteiger partial charge in [-0.25, -0.2) is 4.52 Å². The zero-order chi connectivity index (χ0) is 13.1. The molecule has 0 bridgehead atoms. The predicted octanol–water partition coefficient (Wildman–Crippen LogP) is 2.82. The summed E-state index contributed by atoms with van der Waals surface area (Å²) in [5, 5.41) is 16.6. The Kier molecular flexibility index (Phi) is 2.87. The van der Waals surface area contributed by atoms with Crippen LogP contribution >= 0.6 is 0 Å². The SMILES string of the molecule is N#Cc1ccccc1NCc1cnn2ccccc12. The van der Waals surface area contributed by atoms with Gasteiger partial charge < -0.3 is 5.32 Å². The van der Waals surface area contributed by atoms with Crippen LogP contribution in [0.5, 0.6) is 0 Å². The first-order valence-electron chi connectivity index (χ1n) is 6.03. The molecular formula is C15H12N4. The number of pyridine rings is 1. The molecule has 0 unspecified atom stereocenters. The fourth-order valence-corrected chi connectivity index (χ4v) is 2.05. The Hall–Kier alpha value is -2.80. The minimum atomic E-state index is 0.645. The summed E-state index contributed by atoms with van der Waals surface area (Å²) in [6, 6.07) is 15.6. The highest BCUT2D eigenvalue weighted by molar-refractivity contribution is 5.59. The zero-order valence-electron chi connectivity index (χ0n) is 10.2. The van der Waals surface area contributed by atoms with E-state index in [4.69, 9.17) is 5.26 Å². The molecule has 0 spiro atoms. The van der Waals surface area contributed by atoms with Crippen LogP contribution in [-0.4, -0.2) is 9.61 Å². The molecule has 3 rings (SSSR count). The quantitative estimate of drug-likeness (QED) is 0.775. The van der Waals surface area contributed by atoms with Crippen LogP contribution in [-0.2, 0) is 6.54 Å². The molecule has 0 aliphatic heterocycles. The van der Waals surface area contributed by atoms with Crippen LogP contribution in [0.4, 0.5) is 5.69 Å². The normalized spacial score (nSPS) is 10.3. The molecule has 4 nitrogen and oxygen atoms in total. The molecule has 0 amide bonds. The minimum absolute atomic E-state index is 0.645. The number of aromatic nitrogens is 2. The molecule has 19 heavy (non-hydrogen) atoms. The first-order chi connectivity index (χ1) is 9.38. The molecule has 1 N–H and O–H groups in total. The highest BCUT2D eigenvalue weighted by Crippen LogP contribution is 2.16. The predicted molar refractivity (Wildman–Crippen MR) is 73.7 cm³/mol. The van der Waals surface area contributed by atoms with E-state index >= 15 is 0 Å². The number of anilines is 1. The first kappa shape index (κ1) is 11.3. The van der Waals surface area contributed by atoms with Crippen LogP contribution in [0.25, 0.3) is 5.52 Å². The van der Waals surface area contributed by atoms with Gasteiger partial charge in [-0.05, 0) is 24.3 Å². The fraction of sp³-hybridized carbons (Fsp3) is 0.0667. The van der Waals surface area contributed by atoms with Gasteiger partial charge in [-0.1, -0.05) is 18.2 Å². The summed E-state index contributed by atoms with van der Waals surface area (Å²) in [6.07, 6.45) is 3.76. The largest absolute Gasteiger partial charge is 0.380 e. The van der Waals surface area contributed by atoms with Crippen molar-refractivity contribution in [3.8, 4) is 6.07 Å². The Bertz CT molecular complexity index is 752. The third kappa shape index (κ3) is 2.14. The van der Waals surface area contributed by atoms with Gasteiger partial charge in [0, 0.05) is 18.3 Å². The summed E-state index contributed by atoms with van der Waals surface area (Å²) >= 11 is 0. The zero-order valence-corrected chi connectivity index (χ0v) is 10.2. The maximum atomic E-state index is 9.04. The summed E-state index contributed by atoms with van der Waals surface area (Å²) in [5.74, 6) is 0. The van der Waals surface area contributed by atoms with E-state index < -0.39 is 0 Å². The molecule has 92 valence electrons. The number of nitrogens with one attached hydrogen (secondary N) is 1. The van der Waals surface area contributed by atoms with Crippen molar-refractivity contribution < 1.29 is 0 Å². The molecule has 1 aromatic carbocycles. The molecule has 0 fully saturated rings. The van der Waals surface area contributed by atoms with Gasteiger partial charge in [0.2, 0.25) is 0 Å². The second-order valence-electron chi connectivity index (χ2n) is 4.21. The van der Waals surface area contributed by atoms with Crippen molar-refractivity contribution in [2.45, 2.75) is 6.54 Å². The summed E-state index contributed by atoms with van der Waals surface area (Å²) in [7, 11) is 0. The lowest BCUT2D eigenvalue weighted by Gasteiger charge is -2.06. The van der Waals surface area contributed by atoms with Gasteiger partial charge in [0.25, 0.3) is 0 Å². The Labute approximate surface area is 110 Å². The molecule has 0 aliphatic rings. The molecule has 4 heteroatoms. The number of para-hydroxylation sites is 1. The average molecular weight is 248 g/mol. The van der Waals surface area contributed by atoms with Gasteiger partial charge in [-0.3, -0.25) is 0 Å². The van der Waals surface area contributed by atoms with Gasteiger partial charge in [-0.2, -0.15) is 10.4 Å². The topological polar surface area (TPSA) is 53.1 Å². The van der Waals surface area contributed by atoms with Gasteiger partial charge >= 0.3 is 0 Å². The van der Waals surface area contributed by atoms with Crippen LogP contribution in [0.2, 0.25) is 0 Å². The monoisotopic (exact) mass is 248 g/mol. The molecule has 0 aliphatic carbocycles. The van der Waals surface area contributed by atoms with Crippen molar-refractivity contribution in [3.63, 3.8) is 0 Å². The Morgan fingerprint density at radius 3 is 2.89 bits per heavy atom. The van der Waals surface area contributed by atoms with Gasteiger partial charge in [0.15, 0.2) is 0 Å². The molecule has 0 saturated carbocycles. The lowest BCUT2D eigenvalue weighted by molar-refractivity contribution is 0.961. The van der Waals surface area contributed by atoms with Crippen LogP contribution in [0.15, 0.2) is 54.9 Å². The average Bonchev–Trinajstić information content (AvgIpc) is 2.89. The van der Waals surface area contributed by atoms with E-state index in [9.17, 15) is 0 Å². The van der Waals surface area contributed by atoms with E-state index in [0.29, 0.717) is 12.1 Å². The van der Waals surface area contributed by atoms with Crippen molar-refractivity contribution in [2.75, 3.05) is 5.32 Å². The molecule has 0 atom stereocenters. The molecule has 0 radical (unpaired) electrons. The van der Waals surface area contributed by atoms with E-state index in [1.165, 1.54) is 0 Å². The maximum absolute atomic E-state index is 9.04.